The molecule has 1 heterocycles. The Morgan fingerprint density at radius 1 is 1.89 bits per heavy atom. The van der Waals surface area contributed by atoms with E-state index in [0.717, 1.165) is 12.2 Å². The van der Waals surface area contributed by atoms with E-state index < -0.39 is 0 Å². The number of terminal acetylenes is 1. The van der Waals surface area contributed by atoms with E-state index in [2.05, 4.69) is 5.92 Å². The lowest BCUT2D eigenvalue weighted by Crippen LogP contribution is -1.95. The molecule has 1 aliphatic rings. The summed E-state index contributed by atoms with van der Waals surface area (Å²) in [6.45, 7) is 0. The molecule has 1 rings (SSSR count). The van der Waals surface area contributed by atoms with Crippen molar-refractivity contribution in [2.75, 3.05) is 5.75 Å². The number of carbonyl (C=O) groups excluding carboxylic acids is 1. The third-order valence-electron chi connectivity index (χ3n) is 1.34. The number of thioether (sulfide) groups is 1. The fourth-order valence-corrected chi connectivity index (χ4v) is 1.87. The Kier molecular flexibility index (Phi) is 2.18. The first kappa shape index (κ1) is 6.70. The minimum atomic E-state index is 0.301. The van der Waals surface area contributed by atoms with Gasteiger partial charge in [-0.1, -0.05) is 11.8 Å². The molecule has 0 aromatic heterocycles. The van der Waals surface area contributed by atoms with Crippen molar-refractivity contribution in [3.05, 3.63) is 0 Å². The number of hydrogen-bond donors (Lipinski definition) is 0. The van der Waals surface area contributed by atoms with Gasteiger partial charge < -0.3 is 0 Å². The van der Waals surface area contributed by atoms with Crippen molar-refractivity contribution in [1.29, 1.82) is 0 Å². The van der Waals surface area contributed by atoms with Crippen LogP contribution in [0.5, 0.6) is 0 Å². The van der Waals surface area contributed by atoms with E-state index in [0.29, 0.717) is 17.5 Å². The SMILES string of the molecule is C#CCC1CSC(=O)C1. The van der Waals surface area contributed by atoms with Gasteiger partial charge in [-0.3, -0.25) is 4.79 Å². The van der Waals surface area contributed by atoms with Gasteiger partial charge >= 0.3 is 0 Å². The lowest BCUT2D eigenvalue weighted by molar-refractivity contribution is -0.111. The Morgan fingerprint density at radius 2 is 2.67 bits per heavy atom. The van der Waals surface area contributed by atoms with E-state index in [-0.39, 0.29) is 0 Å². The summed E-state index contributed by atoms with van der Waals surface area (Å²) in [6, 6.07) is 0. The highest BCUT2D eigenvalue weighted by Crippen LogP contribution is 2.26. The van der Waals surface area contributed by atoms with Gasteiger partial charge in [0.05, 0.1) is 0 Å². The fraction of sp³-hybridized carbons (Fsp3) is 0.571. The molecule has 0 aromatic carbocycles. The van der Waals surface area contributed by atoms with E-state index >= 15 is 0 Å². The van der Waals surface area contributed by atoms with Gasteiger partial charge in [0.25, 0.3) is 0 Å². The maximum Gasteiger partial charge on any atom is 0.189 e. The van der Waals surface area contributed by atoms with Crippen LogP contribution in [0.15, 0.2) is 0 Å². The average molecular weight is 140 g/mol. The molecule has 0 radical (unpaired) electrons. The van der Waals surface area contributed by atoms with Gasteiger partial charge in [-0.05, 0) is 5.92 Å². The molecule has 2 heteroatoms. The molecular weight excluding hydrogens is 132 g/mol. The second-order valence-corrected chi connectivity index (χ2v) is 3.24. The molecule has 0 saturated carbocycles. The molecule has 0 aliphatic carbocycles. The molecule has 1 atom stereocenters. The van der Waals surface area contributed by atoms with Crippen LogP contribution >= 0.6 is 11.8 Å². The van der Waals surface area contributed by atoms with E-state index in [1.165, 1.54) is 11.8 Å². The molecule has 1 unspecified atom stereocenters. The lowest BCUT2D eigenvalue weighted by Gasteiger charge is -1.96. The first-order chi connectivity index (χ1) is 4.33. The van der Waals surface area contributed by atoms with E-state index in [9.17, 15) is 4.79 Å². The van der Waals surface area contributed by atoms with Crippen LogP contribution in [0.1, 0.15) is 12.8 Å². The summed E-state index contributed by atoms with van der Waals surface area (Å²) in [6.07, 6.45) is 6.54. The normalized spacial score (nSPS) is 26.1. The third-order valence-corrected chi connectivity index (χ3v) is 2.47. The molecule has 1 saturated heterocycles. The monoisotopic (exact) mass is 140 g/mol. The van der Waals surface area contributed by atoms with Crippen LogP contribution in [-0.4, -0.2) is 10.9 Å². The summed E-state index contributed by atoms with van der Waals surface area (Å²) in [7, 11) is 0. The molecule has 0 aromatic rings. The van der Waals surface area contributed by atoms with Gasteiger partial charge in [0.2, 0.25) is 0 Å². The van der Waals surface area contributed by atoms with Crippen LogP contribution in [0.4, 0.5) is 0 Å². The zero-order chi connectivity index (χ0) is 6.69. The van der Waals surface area contributed by atoms with Crippen molar-refractivity contribution in [2.45, 2.75) is 12.8 Å². The molecule has 0 N–H and O–H groups in total. The van der Waals surface area contributed by atoms with Crippen LogP contribution in [0.2, 0.25) is 0 Å². The predicted octanol–water partition coefficient (Wildman–Crippen LogP) is 1.29. The quantitative estimate of drug-likeness (QED) is 0.510. The minimum Gasteiger partial charge on any atom is -0.287 e. The number of hydrogen-bond acceptors (Lipinski definition) is 2. The fourth-order valence-electron chi connectivity index (χ4n) is 0.862. The van der Waals surface area contributed by atoms with Crippen molar-refractivity contribution in [3.8, 4) is 12.3 Å². The highest BCUT2D eigenvalue weighted by atomic mass is 32.2. The van der Waals surface area contributed by atoms with Crippen LogP contribution in [0.25, 0.3) is 0 Å². The zero-order valence-electron chi connectivity index (χ0n) is 5.09. The van der Waals surface area contributed by atoms with Gasteiger partial charge in [0.1, 0.15) is 0 Å². The van der Waals surface area contributed by atoms with E-state index in [4.69, 9.17) is 6.42 Å². The van der Waals surface area contributed by atoms with Gasteiger partial charge in [0, 0.05) is 18.6 Å². The second-order valence-electron chi connectivity index (χ2n) is 2.16. The van der Waals surface area contributed by atoms with Crippen LogP contribution in [-0.2, 0) is 4.79 Å². The summed E-state index contributed by atoms with van der Waals surface area (Å²) in [4.78, 5) is 10.6. The summed E-state index contributed by atoms with van der Waals surface area (Å²) < 4.78 is 0. The van der Waals surface area contributed by atoms with Crippen molar-refractivity contribution >= 4 is 16.9 Å². The Morgan fingerprint density at radius 3 is 3.11 bits per heavy atom. The topological polar surface area (TPSA) is 17.1 Å². The van der Waals surface area contributed by atoms with Gasteiger partial charge in [-0.2, -0.15) is 0 Å². The zero-order valence-corrected chi connectivity index (χ0v) is 5.91. The standard InChI is InChI=1S/C7H8OS/c1-2-3-6-4-7(8)9-5-6/h1,6H,3-5H2. The highest BCUT2D eigenvalue weighted by molar-refractivity contribution is 8.14. The maximum atomic E-state index is 10.6. The number of rotatable bonds is 1. The molecule has 1 aliphatic heterocycles. The summed E-state index contributed by atoms with van der Waals surface area (Å²) in [5.41, 5.74) is 0. The third kappa shape index (κ3) is 1.76. The van der Waals surface area contributed by atoms with Crippen molar-refractivity contribution in [3.63, 3.8) is 0 Å². The van der Waals surface area contributed by atoms with Crippen LogP contribution in [0, 0.1) is 18.3 Å². The van der Waals surface area contributed by atoms with E-state index in [1.807, 2.05) is 0 Å². The molecule has 9 heavy (non-hydrogen) atoms. The molecule has 1 nitrogen and oxygen atoms in total. The average Bonchev–Trinajstić information content (AvgIpc) is 2.17. The molecule has 0 spiro atoms. The first-order valence-corrected chi connectivity index (χ1v) is 3.90. The van der Waals surface area contributed by atoms with Crippen molar-refractivity contribution in [1.82, 2.24) is 0 Å². The summed E-state index contributed by atoms with van der Waals surface area (Å²) in [5.74, 6) is 3.96. The predicted molar refractivity (Wildman–Crippen MR) is 39.0 cm³/mol. The Labute approximate surface area is 59.2 Å². The van der Waals surface area contributed by atoms with Crippen LogP contribution in [0.3, 0.4) is 0 Å². The smallest absolute Gasteiger partial charge is 0.189 e. The Hall–Kier alpha value is -0.420. The first-order valence-electron chi connectivity index (χ1n) is 2.92. The Bertz CT molecular complexity index is 157. The maximum absolute atomic E-state index is 10.6. The largest absolute Gasteiger partial charge is 0.287 e. The summed E-state index contributed by atoms with van der Waals surface area (Å²) >= 11 is 1.41. The molecule has 0 amide bonds. The van der Waals surface area contributed by atoms with E-state index in [1.54, 1.807) is 0 Å². The van der Waals surface area contributed by atoms with Gasteiger partial charge in [-0.15, -0.1) is 12.3 Å². The van der Waals surface area contributed by atoms with Gasteiger partial charge in [-0.25, -0.2) is 0 Å². The summed E-state index contributed by atoms with van der Waals surface area (Å²) in [5, 5.41) is 0.301. The van der Waals surface area contributed by atoms with Crippen molar-refractivity contribution < 1.29 is 4.79 Å². The lowest BCUT2D eigenvalue weighted by atomic mass is 10.1. The second kappa shape index (κ2) is 2.93. The molecule has 1 fully saturated rings. The van der Waals surface area contributed by atoms with Gasteiger partial charge in [0.15, 0.2) is 5.12 Å². The Balaban J connectivity index is 2.32. The molecule has 48 valence electrons. The van der Waals surface area contributed by atoms with Crippen LogP contribution < -0.4 is 0 Å². The minimum absolute atomic E-state index is 0.301. The highest BCUT2D eigenvalue weighted by Gasteiger charge is 2.21. The van der Waals surface area contributed by atoms with Crippen molar-refractivity contribution in [2.24, 2.45) is 5.92 Å². The molecule has 0 bridgehead atoms. The number of carbonyl (C=O) groups is 1. The molecular formula is C7H8OS.